The van der Waals surface area contributed by atoms with E-state index in [1.54, 1.807) is 0 Å². The van der Waals surface area contributed by atoms with E-state index in [1.165, 1.54) is 43.3 Å². The second kappa shape index (κ2) is 6.56. The van der Waals surface area contributed by atoms with Gasteiger partial charge in [-0.15, -0.1) is 0 Å². The van der Waals surface area contributed by atoms with E-state index < -0.39 is 0 Å². The Morgan fingerprint density at radius 2 is 2.21 bits per heavy atom. The lowest BCUT2D eigenvalue weighted by Gasteiger charge is -2.21. The molecule has 0 saturated carbocycles. The van der Waals surface area contributed by atoms with Crippen molar-refractivity contribution in [3.8, 4) is 5.40 Å². The molecule has 0 aliphatic carbocycles. The minimum atomic E-state index is 1.14. The number of fused-ring (bicyclic) bond motifs is 1. The molecule has 0 radical (unpaired) electrons. The molecule has 0 bridgehead atoms. The van der Waals surface area contributed by atoms with Crippen molar-refractivity contribution in [2.45, 2.75) is 32.1 Å². The van der Waals surface area contributed by atoms with Crippen molar-refractivity contribution in [3.63, 3.8) is 0 Å². The molecule has 0 spiro atoms. The molecular weight excluding hydrogens is 194 g/mol. The van der Waals surface area contributed by atoms with Gasteiger partial charge in [-0.25, -0.2) is 10.7 Å². The smallest absolute Gasteiger partial charge is 0.270 e. The van der Waals surface area contributed by atoms with Crippen LogP contribution < -0.4 is 5.43 Å². The van der Waals surface area contributed by atoms with Crippen LogP contribution in [0, 0.1) is 16.7 Å². The first-order valence-electron chi connectivity index (χ1n) is 5.00. The Morgan fingerprint density at radius 1 is 1.43 bits per heavy atom. The van der Waals surface area contributed by atoms with Crippen LogP contribution in [0.25, 0.3) is 0 Å². The van der Waals surface area contributed by atoms with Crippen LogP contribution in [0.5, 0.6) is 0 Å². The number of nitrogens with one attached hydrogen (secondary N) is 1. The Bertz CT molecular complexity index is 232. The molecule has 1 N–H and O–H groups in total. The number of rotatable bonds is 0. The fourth-order valence-corrected chi connectivity index (χ4v) is 1.73. The predicted octanol–water partition coefficient (Wildman–Crippen LogP) is 1.47. The summed E-state index contributed by atoms with van der Waals surface area (Å²) in [5.74, 6) is 0. The number of nitriles is 1. The highest BCUT2D eigenvalue weighted by Crippen LogP contribution is 2.19. The van der Waals surface area contributed by atoms with Gasteiger partial charge in [-0.1, -0.05) is 5.40 Å². The minimum Gasteiger partial charge on any atom is -0.696 e. The number of hydrogen-bond acceptors (Lipinski definition) is 4. The van der Waals surface area contributed by atoms with Crippen molar-refractivity contribution in [2.24, 2.45) is 0 Å². The summed E-state index contributed by atoms with van der Waals surface area (Å²) >= 11 is 3.70. The summed E-state index contributed by atoms with van der Waals surface area (Å²) in [6.45, 7) is 2.33. The van der Waals surface area contributed by atoms with E-state index in [4.69, 9.17) is 5.26 Å². The van der Waals surface area contributed by atoms with Crippen LogP contribution in [0.1, 0.15) is 32.1 Å². The Morgan fingerprint density at radius 3 is 3.00 bits per heavy atom. The maximum Gasteiger partial charge on any atom is 0.270 e. The van der Waals surface area contributed by atoms with E-state index in [0.717, 1.165) is 13.0 Å². The van der Waals surface area contributed by atoms with Gasteiger partial charge in [0.15, 0.2) is 6.42 Å². The van der Waals surface area contributed by atoms with Crippen molar-refractivity contribution in [1.82, 2.24) is 10.4 Å². The molecule has 76 valence electrons. The minimum absolute atomic E-state index is 1.14. The summed E-state index contributed by atoms with van der Waals surface area (Å²) in [4.78, 5) is 0. The summed E-state index contributed by atoms with van der Waals surface area (Å²) in [6, 6.07) is 0. The van der Waals surface area contributed by atoms with E-state index >= 15 is 0 Å². The van der Waals surface area contributed by atoms with Gasteiger partial charge >= 0.3 is 0 Å². The third-order valence-electron chi connectivity index (χ3n) is 2.36. The number of allylic oxidation sites excluding steroid dienone is 2. The molecule has 0 aromatic carbocycles. The molecular formula is C10H15N3S. The van der Waals surface area contributed by atoms with Crippen molar-refractivity contribution >= 4 is 12.6 Å². The topological polar surface area (TPSA) is 39.1 Å². The van der Waals surface area contributed by atoms with Crippen LogP contribution in [0.4, 0.5) is 0 Å². The van der Waals surface area contributed by atoms with Gasteiger partial charge in [0.1, 0.15) is 0 Å². The van der Waals surface area contributed by atoms with Gasteiger partial charge < -0.3 is 12.6 Å². The lowest BCUT2D eigenvalue weighted by Crippen LogP contribution is -2.38. The maximum atomic E-state index is 7.13. The molecule has 0 aromatic heterocycles. The first-order valence-corrected chi connectivity index (χ1v) is 5.41. The average molecular weight is 209 g/mol. The maximum absolute atomic E-state index is 7.13. The SMILES string of the molecule is N#C[S-].[C+]1=C2CCCCNN2CCC1. The number of hydrazine groups is 1. The standard InChI is InChI=1S/C9H15N2.CHNS/c1-3-7-10-11-8-4-2-6-9(11)5-1;2-1-3/h10H,1-5,7-8H2;3H/q+1;/p-1. The quantitative estimate of drug-likeness (QED) is 0.372. The lowest BCUT2D eigenvalue weighted by atomic mass is 10.1. The van der Waals surface area contributed by atoms with Gasteiger partial charge in [0.2, 0.25) is 6.08 Å². The normalized spacial score (nSPS) is 19.9. The van der Waals surface area contributed by atoms with Crippen molar-refractivity contribution in [2.75, 3.05) is 13.1 Å². The third kappa shape index (κ3) is 3.47. The molecule has 0 aromatic rings. The predicted molar refractivity (Wildman–Crippen MR) is 57.5 cm³/mol. The fourth-order valence-electron chi connectivity index (χ4n) is 1.73. The summed E-state index contributed by atoms with van der Waals surface area (Å²) < 4.78 is 0. The average Bonchev–Trinajstić information content (AvgIpc) is 2.43. The van der Waals surface area contributed by atoms with Gasteiger partial charge in [0.25, 0.3) is 5.70 Å². The Hall–Kier alpha value is -0.880. The van der Waals surface area contributed by atoms with Gasteiger partial charge in [0, 0.05) is 25.9 Å². The molecule has 1 saturated heterocycles. The number of nitrogens with zero attached hydrogens (tertiary/aromatic N) is 2. The van der Waals surface area contributed by atoms with E-state index in [2.05, 4.69) is 29.1 Å². The second-order valence-electron chi connectivity index (χ2n) is 3.34. The molecule has 2 aliphatic rings. The van der Waals surface area contributed by atoms with Crippen molar-refractivity contribution in [3.05, 3.63) is 11.8 Å². The van der Waals surface area contributed by atoms with Gasteiger partial charge in [0.05, 0.1) is 0 Å². The van der Waals surface area contributed by atoms with Crippen molar-refractivity contribution < 1.29 is 0 Å². The van der Waals surface area contributed by atoms with Crippen LogP contribution in [-0.2, 0) is 12.6 Å². The molecule has 2 aliphatic heterocycles. The highest BCUT2D eigenvalue weighted by atomic mass is 32.1. The molecule has 2 rings (SSSR count). The molecule has 0 unspecified atom stereocenters. The van der Waals surface area contributed by atoms with Crippen LogP contribution in [-0.4, -0.2) is 18.1 Å². The van der Waals surface area contributed by atoms with E-state index in [-0.39, 0.29) is 0 Å². The van der Waals surface area contributed by atoms with Crippen LogP contribution in [0.3, 0.4) is 0 Å². The lowest BCUT2D eigenvalue weighted by molar-refractivity contribution is 0.234. The molecule has 3 nitrogen and oxygen atoms in total. The molecule has 2 heterocycles. The highest BCUT2D eigenvalue weighted by Gasteiger charge is 2.25. The first kappa shape index (κ1) is 11.2. The monoisotopic (exact) mass is 209 g/mol. The Kier molecular flexibility index (Phi) is 5.24. The zero-order valence-electron chi connectivity index (χ0n) is 8.25. The first-order chi connectivity index (χ1) is 6.88. The van der Waals surface area contributed by atoms with Crippen molar-refractivity contribution in [1.29, 1.82) is 5.26 Å². The van der Waals surface area contributed by atoms with Gasteiger partial charge in [-0.05, 0) is 12.8 Å². The molecule has 0 amide bonds. The molecule has 14 heavy (non-hydrogen) atoms. The molecule has 1 fully saturated rings. The summed E-state index contributed by atoms with van der Waals surface area (Å²) in [5.41, 5.74) is 4.83. The number of hydrogen-bond donors (Lipinski definition) is 1. The van der Waals surface area contributed by atoms with E-state index in [0.29, 0.717) is 0 Å². The van der Waals surface area contributed by atoms with E-state index in [9.17, 15) is 0 Å². The van der Waals surface area contributed by atoms with Gasteiger partial charge in [-0.3, -0.25) is 5.01 Å². The second-order valence-corrected chi connectivity index (χ2v) is 3.52. The van der Waals surface area contributed by atoms with Crippen LogP contribution >= 0.6 is 0 Å². The number of thiocyanates is 1. The zero-order chi connectivity index (χ0) is 10.2. The summed E-state index contributed by atoms with van der Waals surface area (Å²) in [6.07, 6.45) is 9.72. The molecule has 4 heteroatoms. The highest BCUT2D eigenvalue weighted by molar-refractivity contribution is 7.64. The largest absolute Gasteiger partial charge is 0.696 e. The third-order valence-corrected chi connectivity index (χ3v) is 2.36. The van der Waals surface area contributed by atoms with E-state index in [1.807, 2.05) is 0 Å². The molecule has 0 atom stereocenters. The summed E-state index contributed by atoms with van der Waals surface area (Å²) in [7, 11) is 0. The fraction of sp³-hybridized carbons (Fsp3) is 0.700. The summed E-state index contributed by atoms with van der Waals surface area (Å²) in [5, 5.41) is 10.8. The Labute approximate surface area is 91.2 Å². The van der Waals surface area contributed by atoms with Gasteiger partial charge in [-0.2, -0.15) is 0 Å². The Balaban J connectivity index is 0.000000293. The zero-order valence-corrected chi connectivity index (χ0v) is 9.07. The van der Waals surface area contributed by atoms with Crippen LogP contribution in [0.2, 0.25) is 0 Å². The van der Waals surface area contributed by atoms with Crippen LogP contribution in [0.15, 0.2) is 5.70 Å².